The van der Waals surface area contributed by atoms with Crippen LogP contribution < -0.4 is 10.2 Å². The zero-order valence-corrected chi connectivity index (χ0v) is 29.8. The Balaban J connectivity index is 1.49. The van der Waals surface area contributed by atoms with E-state index in [9.17, 15) is 24.3 Å². The summed E-state index contributed by atoms with van der Waals surface area (Å²) in [7, 11) is 0. The molecule has 10 nitrogen and oxygen atoms in total. The van der Waals surface area contributed by atoms with E-state index in [1.54, 1.807) is 22.0 Å². The lowest BCUT2D eigenvalue weighted by atomic mass is 9.70. The Hall–Kier alpha value is -3.80. The topological polar surface area (TPSA) is 125 Å². The van der Waals surface area contributed by atoms with Gasteiger partial charge in [-0.3, -0.25) is 19.2 Å². The summed E-state index contributed by atoms with van der Waals surface area (Å²) in [5.41, 5.74) is 2.00. The summed E-state index contributed by atoms with van der Waals surface area (Å²) in [5.74, 6) is -3.41. The van der Waals surface area contributed by atoms with Gasteiger partial charge < -0.3 is 29.7 Å². The fourth-order valence-electron chi connectivity index (χ4n) is 7.55. The van der Waals surface area contributed by atoms with Crippen molar-refractivity contribution in [2.75, 3.05) is 31.1 Å². The molecule has 0 aliphatic carbocycles. The number of benzene rings is 2. The van der Waals surface area contributed by atoms with E-state index in [0.717, 1.165) is 11.1 Å². The van der Waals surface area contributed by atoms with Crippen LogP contribution in [0.5, 0.6) is 0 Å². The second-order valence-corrected chi connectivity index (χ2v) is 14.3. The predicted molar refractivity (Wildman–Crippen MR) is 190 cm³/mol. The van der Waals surface area contributed by atoms with E-state index < -0.39 is 41.7 Å². The van der Waals surface area contributed by atoms with Crippen LogP contribution in [0.4, 0.5) is 5.69 Å². The van der Waals surface area contributed by atoms with Crippen LogP contribution in [0, 0.1) is 25.7 Å². The second kappa shape index (κ2) is 15.8. The average molecular weight is 737 g/mol. The normalized spacial score (nSPS) is 25.8. The van der Waals surface area contributed by atoms with Gasteiger partial charge in [0.1, 0.15) is 17.7 Å². The first-order valence-corrected chi connectivity index (χ1v) is 17.8. The number of aliphatic hydroxyl groups is 1. The van der Waals surface area contributed by atoms with Crippen molar-refractivity contribution >= 4 is 45.3 Å². The number of nitrogens with zero attached hydrogens (tertiary/aromatic N) is 2. The molecule has 0 radical (unpaired) electrons. The van der Waals surface area contributed by atoms with Crippen molar-refractivity contribution in [3.63, 3.8) is 0 Å². The van der Waals surface area contributed by atoms with Gasteiger partial charge in [0.25, 0.3) is 5.91 Å². The summed E-state index contributed by atoms with van der Waals surface area (Å²) in [4.78, 5) is 59.0. The third-order valence-electron chi connectivity index (χ3n) is 9.83. The first-order chi connectivity index (χ1) is 23.6. The number of esters is 1. The van der Waals surface area contributed by atoms with Gasteiger partial charge in [-0.15, -0.1) is 13.2 Å². The number of halogens is 1. The minimum Gasteiger partial charge on any atom is -0.455 e. The standard InChI is InChI=1S/C38H46BrN3O7/c1-5-7-15-30(44)40-23-29(26-13-9-8-10-14-26)48-37(47)31-32-35(45)42(19-11-12-20-43)34(38(32)22-27(39)33(31)49-38)36(46)41(18-6-2)28-21-24(3)16-17-25(28)4/h5-6,8-10,13-14,16-17,21,27,29,31-34,43H,1-2,7,11-12,15,18-20,22-23H2,3-4H3,(H,40,44)/t27?,29-,31-,32+,33-,34-,38+/m1/s1. The maximum atomic E-state index is 14.9. The van der Waals surface area contributed by atoms with Gasteiger partial charge in [0.15, 0.2) is 0 Å². The van der Waals surface area contributed by atoms with E-state index in [1.807, 2.05) is 62.4 Å². The highest BCUT2D eigenvalue weighted by Gasteiger charge is 2.77. The number of aryl methyl sites for hydroxylation is 2. The van der Waals surface area contributed by atoms with E-state index in [-0.39, 0.29) is 55.2 Å². The molecule has 0 saturated carbocycles. The van der Waals surface area contributed by atoms with Crippen LogP contribution in [0.3, 0.4) is 0 Å². The molecule has 3 fully saturated rings. The number of fused-ring (bicyclic) bond motifs is 1. The molecule has 49 heavy (non-hydrogen) atoms. The lowest BCUT2D eigenvalue weighted by molar-refractivity contribution is -0.160. The summed E-state index contributed by atoms with van der Waals surface area (Å²) in [6.07, 6.45) is 3.84. The summed E-state index contributed by atoms with van der Waals surface area (Å²) in [6, 6.07) is 14.0. The Morgan fingerprint density at radius 1 is 1.16 bits per heavy atom. The molecule has 3 aliphatic heterocycles. The molecule has 1 spiro atoms. The van der Waals surface area contributed by atoms with Crippen molar-refractivity contribution in [3.8, 4) is 0 Å². The number of alkyl halides is 1. The Labute approximate surface area is 296 Å². The Bertz CT molecular complexity index is 1570. The van der Waals surface area contributed by atoms with Crippen molar-refractivity contribution in [1.82, 2.24) is 10.2 Å². The second-order valence-electron chi connectivity index (χ2n) is 13.1. The predicted octanol–water partition coefficient (Wildman–Crippen LogP) is 4.71. The van der Waals surface area contributed by atoms with Gasteiger partial charge in [0.2, 0.25) is 11.8 Å². The molecule has 3 aliphatic rings. The smallest absolute Gasteiger partial charge is 0.313 e. The molecule has 3 heterocycles. The van der Waals surface area contributed by atoms with Gasteiger partial charge in [-0.05, 0) is 62.3 Å². The zero-order chi connectivity index (χ0) is 35.3. The van der Waals surface area contributed by atoms with Crippen LogP contribution in [-0.4, -0.2) is 82.5 Å². The third kappa shape index (κ3) is 7.25. The number of nitrogens with one attached hydrogen (secondary N) is 1. The van der Waals surface area contributed by atoms with E-state index >= 15 is 0 Å². The van der Waals surface area contributed by atoms with E-state index in [2.05, 4.69) is 34.4 Å². The fourth-order valence-corrected chi connectivity index (χ4v) is 8.49. The molecular formula is C38H46BrN3O7. The lowest BCUT2D eigenvalue weighted by Crippen LogP contribution is -2.57. The van der Waals surface area contributed by atoms with Crippen molar-refractivity contribution in [2.24, 2.45) is 11.8 Å². The maximum Gasteiger partial charge on any atom is 0.313 e. The van der Waals surface area contributed by atoms with Crippen molar-refractivity contribution < 1.29 is 33.8 Å². The number of amides is 3. The van der Waals surface area contributed by atoms with Gasteiger partial charge in [-0.1, -0.05) is 70.5 Å². The van der Waals surface area contributed by atoms with Crippen molar-refractivity contribution in [1.29, 1.82) is 0 Å². The molecule has 3 saturated heterocycles. The van der Waals surface area contributed by atoms with Gasteiger partial charge in [0, 0.05) is 36.6 Å². The first-order valence-electron chi connectivity index (χ1n) is 16.9. The largest absolute Gasteiger partial charge is 0.455 e. The van der Waals surface area contributed by atoms with Gasteiger partial charge in [0.05, 0.1) is 24.5 Å². The number of aliphatic hydroxyl groups excluding tert-OH is 1. The number of likely N-dealkylation sites (tertiary alicyclic amines) is 1. The molecular weight excluding hydrogens is 690 g/mol. The minimum absolute atomic E-state index is 0.0478. The van der Waals surface area contributed by atoms with E-state index in [0.29, 0.717) is 36.9 Å². The van der Waals surface area contributed by atoms with Crippen molar-refractivity contribution in [3.05, 3.63) is 90.5 Å². The molecule has 5 rings (SSSR count). The summed E-state index contributed by atoms with van der Waals surface area (Å²) < 4.78 is 12.9. The van der Waals surface area contributed by atoms with Crippen LogP contribution in [-0.2, 0) is 28.7 Å². The Morgan fingerprint density at radius 2 is 1.92 bits per heavy atom. The number of rotatable bonds is 16. The van der Waals surface area contributed by atoms with Gasteiger partial charge in [-0.25, -0.2) is 0 Å². The highest BCUT2D eigenvalue weighted by molar-refractivity contribution is 9.09. The Kier molecular flexibility index (Phi) is 11.8. The highest BCUT2D eigenvalue weighted by Crippen LogP contribution is 2.60. The number of ether oxygens (including phenoxy) is 2. The molecule has 2 aromatic carbocycles. The lowest BCUT2D eigenvalue weighted by Gasteiger charge is -2.37. The number of hydrogen-bond donors (Lipinski definition) is 2. The highest BCUT2D eigenvalue weighted by atomic mass is 79.9. The molecule has 2 bridgehead atoms. The van der Waals surface area contributed by atoms with Crippen LogP contribution >= 0.6 is 15.9 Å². The molecule has 2 N–H and O–H groups in total. The molecule has 2 aromatic rings. The third-order valence-corrected chi connectivity index (χ3v) is 10.7. The monoisotopic (exact) mass is 735 g/mol. The minimum atomic E-state index is -1.28. The van der Waals surface area contributed by atoms with Crippen LogP contribution in [0.25, 0.3) is 0 Å². The number of hydrogen-bond acceptors (Lipinski definition) is 7. The van der Waals surface area contributed by atoms with Gasteiger partial charge >= 0.3 is 5.97 Å². The summed E-state index contributed by atoms with van der Waals surface area (Å²) in [5, 5.41) is 12.4. The molecule has 7 atom stereocenters. The SMILES string of the molecule is C=CCCC(=O)NC[C@@H](OC(=O)[C@H]1[C@@H]2O[C@@]3(CC2Br)[C@@H]1C(=O)N(CCCCO)[C@@H]3C(=O)N(CC=C)c1cc(C)ccc1C)c1ccccc1. The van der Waals surface area contributed by atoms with Crippen LogP contribution in [0.1, 0.15) is 54.9 Å². The summed E-state index contributed by atoms with van der Waals surface area (Å²) in [6.45, 7) is 11.9. The average Bonchev–Trinajstić information content (AvgIpc) is 3.69. The molecule has 3 amide bonds. The number of carbonyl (C=O) groups excluding carboxylic acids is 4. The fraction of sp³-hybridized carbons (Fsp3) is 0.474. The number of allylic oxidation sites excluding steroid dienone is 1. The van der Waals surface area contributed by atoms with Crippen molar-refractivity contribution in [2.45, 2.75) is 74.6 Å². The quantitative estimate of drug-likeness (QED) is 0.111. The summed E-state index contributed by atoms with van der Waals surface area (Å²) >= 11 is 3.73. The first kappa shape index (κ1) is 36.5. The number of carbonyl (C=O) groups is 4. The van der Waals surface area contributed by atoms with Crippen LogP contribution in [0.2, 0.25) is 0 Å². The van der Waals surface area contributed by atoms with Gasteiger partial charge in [-0.2, -0.15) is 0 Å². The number of unbranched alkanes of at least 4 members (excludes halogenated alkanes) is 1. The maximum absolute atomic E-state index is 14.9. The van der Waals surface area contributed by atoms with E-state index in [1.165, 1.54) is 0 Å². The Morgan fingerprint density at radius 3 is 2.61 bits per heavy atom. The van der Waals surface area contributed by atoms with E-state index in [4.69, 9.17) is 9.47 Å². The van der Waals surface area contributed by atoms with Crippen LogP contribution in [0.15, 0.2) is 73.8 Å². The molecule has 262 valence electrons. The number of anilines is 1. The molecule has 1 unspecified atom stereocenters. The molecule has 0 aromatic heterocycles. The molecule has 11 heteroatoms. The zero-order valence-electron chi connectivity index (χ0n) is 28.2.